The Hall–Kier alpha value is -0.180. The van der Waals surface area contributed by atoms with Crippen LogP contribution in [-0.2, 0) is 18.1 Å². The van der Waals surface area contributed by atoms with E-state index in [1.165, 1.54) is 51.4 Å². The van der Waals surface area contributed by atoms with Crippen LogP contribution in [0.3, 0.4) is 0 Å². The molecule has 0 aromatic heterocycles. The molecule has 0 saturated heterocycles. The SMILES string of the molecule is CC/C=C\CC(/C=C/C=C\C/C=C\C=C\C(CCCCCC)OP)OPP.CCC=CCC(C=CC=CCC=CC=CC(CCCCCC)OP)OPP. The third-order valence-corrected chi connectivity index (χ3v) is 10.2. The molecule has 10 heteroatoms. The summed E-state index contributed by atoms with van der Waals surface area (Å²) in [6, 6.07) is 0. The molecule has 0 spiro atoms. The van der Waals surface area contributed by atoms with Crippen LogP contribution in [0, 0.1) is 0 Å². The Morgan fingerprint density at radius 3 is 1.07 bits per heavy atom. The predicted octanol–water partition coefficient (Wildman–Crippen LogP) is 15.7. The van der Waals surface area contributed by atoms with Crippen LogP contribution in [0.4, 0.5) is 0 Å². The van der Waals surface area contributed by atoms with E-state index in [0.717, 1.165) is 51.4 Å². The molecule has 0 amide bonds. The van der Waals surface area contributed by atoms with Crippen LogP contribution in [0.5, 0.6) is 0 Å². The fourth-order valence-electron chi connectivity index (χ4n) is 4.80. The monoisotopic (exact) mass is 856 g/mol. The van der Waals surface area contributed by atoms with E-state index in [0.29, 0.717) is 17.0 Å². The quantitative estimate of drug-likeness (QED) is 0.0280. The van der Waals surface area contributed by atoms with Crippen LogP contribution in [0.25, 0.3) is 0 Å². The van der Waals surface area contributed by atoms with Gasteiger partial charge in [-0.1, -0.05) is 218 Å². The Bertz CT molecular complexity index is 997. The van der Waals surface area contributed by atoms with Gasteiger partial charge in [0.05, 0.1) is 24.4 Å². The van der Waals surface area contributed by atoms with Crippen molar-refractivity contribution in [2.75, 3.05) is 0 Å². The molecule has 0 aliphatic heterocycles. The number of rotatable bonds is 34. The Kier molecular flexibility index (Phi) is 50.7. The lowest BCUT2D eigenvalue weighted by Gasteiger charge is -2.09. The van der Waals surface area contributed by atoms with E-state index < -0.39 is 0 Å². The van der Waals surface area contributed by atoms with Crippen LogP contribution in [0.15, 0.2) is 122 Å². The van der Waals surface area contributed by atoms with Gasteiger partial charge >= 0.3 is 0 Å². The Morgan fingerprint density at radius 1 is 0.426 bits per heavy atom. The fourth-order valence-corrected chi connectivity index (χ4v) is 7.00. The van der Waals surface area contributed by atoms with Gasteiger partial charge in [-0.3, -0.25) is 0 Å². The van der Waals surface area contributed by atoms with E-state index in [1.54, 1.807) is 0 Å². The van der Waals surface area contributed by atoms with E-state index in [4.69, 9.17) is 18.1 Å². The van der Waals surface area contributed by atoms with Gasteiger partial charge in [-0.25, -0.2) is 0 Å². The molecule has 54 heavy (non-hydrogen) atoms. The third-order valence-electron chi connectivity index (χ3n) is 7.85. The number of hydrogen-bond acceptors (Lipinski definition) is 4. The molecule has 308 valence electrons. The fraction of sp³-hybridized carbons (Fsp3) is 0.545. The molecule has 0 aromatic rings. The van der Waals surface area contributed by atoms with Gasteiger partial charge in [-0.2, -0.15) is 0 Å². The van der Waals surface area contributed by atoms with Crippen LogP contribution >= 0.6 is 53.8 Å². The predicted molar refractivity (Wildman–Crippen MR) is 263 cm³/mol. The van der Waals surface area contributed by atoms with Gasteiger partial charge in [-0.05, 0) is 51.4 Å². The van der Waals surface area contributed by atoms with Gasteiger partial charge in [-0.15, -0.1) is 0 Å². The van der Waals surface area contributed by atoms with Gasteiger partial charge in [0.25, 0.3) is 0 Å². The number of allylic oxidation sites excluding steroid dienone is 14. The highest BCUT2D eigenvalue weighted by Crippen LogP contribution is 2.26. The standard InChI is InChI=1S/2C22H39O2P3/c2*1-3-5-7-14-17-21(23-25)18-15-11-9-8-10-12-16-20-22(24-27-26)19-13-6-4-2/h2*6,9-13,15-16,18,20-22,27H,3-5,7-8,14,17,19,25-26H2,1-2H3/b11-9-,12-10-,13-6-,18-15+,20-16+;. The molecule has 0 bridgehead atoms. The molecule has 10 atom stereocenters. The lowest BCUT2D eigenvalue weighted by Crippen LogP contribution is -2.02. The first-order chi connectivity index (χ1) is 26.6. The van der Waals surface area contributed by atoms with Crippen molar-refractivity contribution in [2.24, 2.45) is 0 Å². The minimum Gasteiger partial charge on any atom is -0.358 e. The van der Waals surface area contributed by atoms with E-state index in [9.17, 15) is 0 Å². The summed E-state index contributed by atoms with van der Waals surface area (Å²) in [6.07, 6.45) is 61.5. The normalized spacial score (nSPS) is 15.7. The van der Waals surface area contributed by atoms with Crippen LogP contribution in [0.2, 0.25) is 0 Å². The summed E-state index contributed by atoms with van der Waals surface area (Å²) < 4.78 is 22.3. The van der Waals surface area contributed by atoms with Gasteiger partial charge in [0.15, 0.2) is 0 Å². The molecule has 0 heterocycles. The lowest BCUT2D eigenvalue weighted by molar-refractivity contribution is 0.274. The van der Waals surface area contributed by atoms with E-state index >= 15 is 0 Å². The molecular formula is C44H78O4P6. The second-order valence-electron chi connectivity index (χ2n) is 12.6. The lowest BCUT2D eigenvalue weighted by atomic mass is 10.1. The number of hydrogen-bond donors (Lipinski definition) is 0. The highest BCUT2D eigenvalue weighted by Gasteiger charge is 2.03. The molecule has 0 aliphatic carbocycles. The Labute approximate surface area is 346 Å². The first-order valence-corrected chi connectivity index (χ1v) is 26.5. The molecule has 10 unspecified atom stereocenters. The van der Waals surface area contributed by atoms with Crippen LogP contribution in [-0.4, -0.2) is 24.4 Å². The third kappa shape index (κ3) is 43.0. The maximum atomic E-state index is 5.70. The molecular weight excluding hydrogens is 778 g/mol. The molecule has 0 N–H and O–H groups in total. The van der Waals surface area contributed by atoms with Gasteiger partial charge in [0.1, 0.15) is 0 Å². The second kappa shape index (κ2) is 49.0. The highest BCUT2D eigenvalue weighted by molar-refractivity contribution is 8.00. The van der Waals surface area contributed by atoms with Gasteiger partial charge in [0, 0.05) is 35.9 Å². The summed E-state index contributed by atoms with van der Waals surface area (Å²) in [5.41, 5.74) is 0. The maximum Gasteiger partial charge on any atom is 0.0836 e. The van der Waals surface area contributed by atoms with Crippen molar-refractivity contribution in [3.05, 3.63) is 122 Å². The van der Waals surface area contributed by atoms with Gasteiger partial charge < -0.3 is 18.1 Å². The summed E-state index contributed by atoms with van der Waals surface area (Å²) in [7, 11) is 10.9. The van der Waals surface area contributed by atoms with Crippen molar-refractivity contribution in [1.82, 2.24) is 0 Å². The molecule has 0 aromatic carbocycles. The maximum absolute atomic E-state index is 5.70. The van der Waals surface area contributed by atoms with Crippen molar-refractivity contribution in [3.8, 4) is 0 Å². The van der Waals surface area contributed by atoms with Crippen molar-refractivity contribution < 1.29 is 18.1 Å². The van der Waals surface area contributed by atoms with Gasteiger partial charge in [0.2, 0.25) is 0 Å². The average Bonchev–Trinajstić information content (AvgIpc) is 3.18. The Morgan fingerprint density at radius 2 is 0.778 bits per heavy atom. The summed E-state index contributed by atoms with van der Waals surface area (Å²) >= 11 is 0. The summed E-state index contributed by atoms with van der Waals surface area (Å²) in [6.45, 7) is 8.76. The zero-order valence-electron chi connectivity index (χ0n) is 34.1. The first kappa shape index (κ1) is 55.9. The molecule has 4 nitrogen and oxygen atoms in total. The largest absolute Gasteiger partial charge is 0.358 e. The second-order valence-corrected chi connectivity index (χ2v) is 15.5. The van der Waals surface area contributed by atoms with Crippen LogP contribution < -0.4 is 0 Å². The first-order valence-electron chi connectivity index (χ1n) is 20.1. The van der Waals surface area contributed by atoms with E-state index in [2.05, 4.69) is 186 Å². The zero-order valence-corrected chi connectivity index (χ0v) is 40.7. The van der Waals surface area contributed by atoms with E-state index in [-0.39, 0.29) is 24.4 Å². The smallest absolute Gasteiger partial charge is 0.0836 e. The van der Waals surface area contributed by atoms with Crippen LogP contribution in [0.1, 0.15) is 130 Å². The van der Waals surface area contributed by atoms with Crippen molar-refractivity contribution in [3.63, 3.8) is 0 Å². The molecule has 0 aliphatic rings. The molecule has 0 rings (SSSR count). The van der Waals surface area contributed by atoms with Crippen molar-refractivity contribution >= 4 is 53.8 Å². The zero-order chi connectivity index (χ0) is 40.0. The molecule has 0 fully saturated rings. The topological polar surface area (TPSA) is 36.9 Å². The Balaban J connectivity index is 0. The minimum absolute atomic E-state index is 0.160. The minimum atomic E-state index is 0.160. The summed E-state index contributed by atoms with van der Waals surface area (Å²) in [5, 5.41) is 0. The van der Waals surface area contributed by atoms with E-state index in [1.807, 2.05) is 0 Å². The number of unbranched alkanes of at least 4 members (excludes halogenated alkanes) is 6. The average molecular weight is 857 g/mol. The highest BCUT2D eigenvalue weighted by atomic mass is 32.0. The summed E-state index contributed by atoms with van der Waals surface area (Å²) in [4.78, 5) is 0. The molecule has 0 radical (unpaired) electrons. The summed E-state index contributed by atoms with van der Waals surface area (Å²) in [5.74, 6) is 0. The van der Waals surface area contributed by atoms with Crippen molar-refractivity contribution in [2.45, 2.75) is 155 Å². The molecule has 0 saturated carbocycles. The van der Waals surface area contributed by atoms with Crippen molar-refractivity contribution in [1.29, 1.82) is 0 Å².